The van der Waals surface area contributed by atoms with E-state index in [1.807, 2.05) is 0 Å². The van der Waals surface area contributed by atoms with Gasteiger partial charge in [-0.1, -0.05) is 96.8 Å². The number of hydrogen-bond acceptors (Lipinski definition) is 1. The average molecular weight is 360 g/mol. The fraction of sp³-hybridized carbons (Fsp3) is 1.00. The molecule has 1 heterocycles. The molecule has 1 saturated heterocycles. The second-order valence-electron chi connectivity index (χ2n) is 7.98. The fourth-order valence-electron chi connectivity index (χ4n) is 4.00. The molecule has 1 rings (SSSR count). The van der Waals surface area contributed by atoms with Crippen LogP contribution < -0.4 is 0 Å². The van der Waals surface area contributed by atoms with Gasteiger partial charge in [-0.25, -0.2) is 0 Å². The van der Waals surface area contributed by atoms with Crippen LogP contribution in [0.15, 0.2) is 0 Å². The second kappa shape index (κ2) is 18.1. The van der Waals surface area contributed by atoms with Crippen molar-refractivity contribution in [2.24, 2.45) is 0 Å². The van der Waals surface area contributed by atoms with Crippen molar-refractivity contribution in [3.8, 4) is 0 Å². The third kappa shape index (κ3) is 13.5. The Morgan fingerprint density at radius 3 is 1.50 bits per heavy atom. The SMILES string of the molecule is CCCCCCCCCCCCCCCC(C)N1CCCCC1.Cl. The lowest BCUT2D eigenvalue weighted by Gasteiger charge is -2.32. The minimum Gasteiger partial charge on any atom is -0.301 e. The average Bonchev–Trinajstić information content (AvgIpc) is 2.59. The molecule has 0 saturated carbocycles. The molecule has 0 aliphatic carbocycles. The van der Waals surface area contributed by atoms with Gasteiger partial charge in [0, 0.05) is 6.04 Å². The number of hydrogen-bond donors (Lipinski definition) is 0. The lowest BCUT2D eigenvalue weighted by molar-refractivity contribution is 0.164. The molecule has 1 nitrogen and oxygen atoms in total. The first-order chi connectivity index (χ1) is 11.3. The summed E-state index contributed by atoms with van der Waals surface area (Å²) in [6.45, 7) is 7.47. The highest BCUT2D eigenvalue weighted by molar-refractivity contribution is 5.85. The van der Waals surface area contributed by atoms with E-state index in [0.717, 1.165) is 6.04 Å². The molecular weight excluding hydrogens is 314 g/mol. The van der Waals surface area contributed by atoms with Gasteiger partial charge in [-0.05, 0) is 39.3 Å². The van der Waals surface area contributed by atoms with Gasteiger partial charge in [-0.2, -0.15) is 0 Å². The molecule has 0 aromatic heterocycles. The normalized spacial score (nSPS) is 16.8. The zero-order chi connectivity index (χ0) is 16.6. The van der Waals surface area contributed by atoms with E-state index in [-0.39, 0.29) is 12.4 Å². The van der Waals surface area contributed by atoms with Gasteiger partial charge in [0.25, 0.3) is 0 Å². The van der Waals surface area contributed by atoms with E-state index in [9.17, 15) is 0 Å². The molecule has 1 fully saturated rings. The highest BCUT2D eigenvalue weighted by Gasteiger charge is 2.15. The molecule has 0 radical (unpaired) electrons. The van der Waals surface area contributed by atoms with Crippen LogP contribution >= 0.6 is 12.4 Å². The van der Waals surface area contributed by atoms with Crippen LogP contribution in [-0.4, -0.2) is 24.0 Å². The zero-order valence-corrected chi connectivity index (χ0v) is 17.7. The minimum absolute atomic E-state index is 0. The summed E-state index contributed by atoms with van der Waals surface area (Å²) in [4.78, 5) is 2.73. The standard InChI is InChI=1S/C22H45N.ClH/c1-3-4-5-6-7-8-9-10-11-12-13-14-16-19-22(2)23-20-17-15-18-21-23;/h22H,3-21H2,1-2H3;1H. The minimum atomic E-state index is 0. The molecule has 0 amide bonds. The summed E-state index contributed by atoms with van der Waals surface area (Å²) in [6, 6.07) is 0.836. The van der Waals surface area contributed by atoms with Crippen molar-refractivity contribution in [3.05, 3.63) is 0 Å². The quantitative estimate of drug-likeness (QED) is 0.270. The topological polar surface area (TPSA) is 3.24 Å². The van der Waals surface area contributed by atoms with Crippen molar-refractivity contribution in [3.63, 3.8) is 0 Å². The summed E-state index contributed by atoms with van der Waals surface area (Å²) in [5.41, 5.74) is 0. The molecule has 1 atom stereocenters. The van der Waals surface area contributed by atoms with E-state index in [2.05, 4.69) is 18.7 Å². The van der Waals surface area contributed by atoms with Gasteiger partial charge in [0.05, 0.1) is 0 Å². The van der Waals surface area contributed by atoms with E-state index >= 15 is 0 Å². The zero-order valence-electron chi connectivity index (χ0n) is 16.9. The molecule has 0 aromatic rings. The van der Waals surface area contributed by atoms with Crippen molar-refractivity contribution >= 4 is 12.4 Å². The van der Waals surface area contributed by atoms with Crippen LogP contribution in [0, 0.1) is 0 Å². The number of likely N-dealkylation sites (tertiary alicyclic amines) is 1. The Balaban J connectivity index is 0.00000529. The highest BCUT2D eigenvalue weighted by Crippen LogP contribution is 2.17. The third-order valence-electron chi connectivity index (χ3n) is 5.74. The largest absolute Gasteiger partial charge is 0.301 e. The Labute approximate surface area is 159 Å². The molecule has 2 heteroatoms. The van der Waals surface area contributed by atoms with Crippen LogP contribution in [0.2, 0.25) is 0 Å². The maximum Gasteiger partial charge on any atom is 0.00669 e. The van der Waals surface area contributed by atoms with E-state index in [1.54, 1.807) is 0 Å². The fourth-order valence-corrected chi connectivity index (χ4v) is 4.00. The second-order valence-corrected chi connectivity index (χ2v) is 7.98. The van der Waals surface area contributed by atoms with Crippen LogP contribution in [0.5, 0.6) is 0 Å². The molecule has 1 aliphatic rings. The van der Waals surface area contributed by atoms with Crippen molar-refractivity contribution in [1.82, 2.24) is 4.90 Å². The summed E-state index contributed by atoms with van der Waals surface area (Å²) >= 11 is 0. The monoisotopic (exact) mass is 359 g/mol. The number of rotatable bonds is 15. The number of piperidine rings is 1. The van der Waals surface area contributed by atoms with Crippen LogP contribution in [-0.2, 0) is 0 Å². The Morgan fingerprint density at radius 2 is 1.04 bits per heavy atom. The van der Waals surface area contributed by atoms with Gasteiger partial charge in [-0.3, -0.25) is 0 Å². The number of unbranched alkanes of at least 4 members (excludes halogenated alkanes) is 12. The summed E-state index contributed by atoms with van der Waals surface area (Å²) in [5.74, 6) is 0. The Hall–Kier alpha value is 0.250. The van der Waals surface area contributed by atoms with E-state index in [0.29, 0.717) is 0 Å². The van der Waals surface area contributed by atoms with Gasteiger partial charge in [0.2, 0.25) is 0 Å². The summed E-state index contributed by atoms with van der Waals surface area (Å²) in [6.07, 6.45) is 24.8. The molecule has 0 spiro atoms. The number of halogens is 1. The predicted molar refractivity (Wildman–Crippen MR) is 112 cm³/mol. The molecule has 24 heavy (non-hydrogen) atoms. The van der Waals surface area contributed by atoms with Gasteiger partial charge in [-0.15, -0.1) is 12.4 Å². The molecule has 0 aromatic carbocycles. The third-order valence-corrected chi connectivity index (χ3v) is 5.74. The van der Waals surface area contributed by atoms with E-state index in [1.165, 1.54) is 122 Å². The van der Waals surface area contributed by atoms with Gasteiger partial charge >= 0.3 is 0 Å². The van der Waals surface area contributed by atoms with Gasteiger partial charge in [0.1, 0.15) is 0 Å². The molecule has 146 valence electrons. The summed E-state index contributed by atoms with van der Waals surface area (Å²) < 4.78 is 0. The van der Waals surface area contributed by atoms with Crippen LogP contribution in [0.25, 0.3) is 0 Å². The predicted octanol–water partition coefficient (Wildman–Crippen LogP) is 7.76. The summed E-state index contributed by atoms with van der Waals surface area (Å²) in [7, 11) is 0. The smallest absolute Gasteiger partial charge is 0.00669 e. The van der Waals surface area contributed by atoms with Crippen LogP contribution in [0.1, 0.15) is 123 Å². The van der Waals surface area contributed by atoms with E-state index < -0.39 is 0 Å². The van der Waals surface area contributed by atoms with Crippen molar-refractivity contribution < 1.29 is 0 Å². The number of nitrogens with zero attached hydrogens (tertiary/aromatic N) is 1. The van der Waals surface area contributed by atoms with Crippen molar-refractivity contribution in [2.45, 2.75) is 129 Å². The van der Waals surface area contributed by atoms with Crippen LogP contribution in [0.3, 0.4) is 0 Å². The first-order valence-electron chi connectivity index (χ1n) is 11.1. The first kappa shape index (κ1) is 24.2. The molecule has 1 unspecified atom stereocenters. The highest BCUT2D eigenvalue weighted by atomic mass is 35.5. The van der Waals surface area contributed by atoms with Gasteiger partial charge in [0.15, 0.2) is 0 Å². The molecule has 0 bridgehead atoms. The molecule has 1 aliphatic heterocycles. The Kier molecular flexibility index (Phi) is 18.2. The Morgan fingerprint density at radius 1 is 0.625 bits per heavy atom. The van der Waals surface area contributed by atoms with E-state index in [4.69, 9.17) is 0 Å². The van der Waals surface area contributed by atoms with Crippen molar-refractivity contribution in [1.29, 1.82) is 0 Å². The first-order valence-corrected chi connectivity index (χ1v) is 11.1. The molecular formula is C22H46ClN. The Bertz CT molecular complexity index is 238. The molecule has 0 N–H and O–H groups in total. The maximum absolute atomic E-state index is 2.73. The maximum atomic E-state index is 2.73. The van der Waals surface area contributed by atoms with Crippen molar-refractivity contribution in [2.75, 3.05) is 13.1 Å². The van der Waals surface area contributed by atoms with Crippen LogP contribution in [0.4, 0.5) is 0 Å². The lowest BCUT2D eigenvalue weighted by atomic mass is 10.0. The summed E-state index contributed by atoms with van der Waals surface area (Å²) in [5, 5.41) is 0. The lowest BCUT2D eigenvalue weighted by Crippen LogP contribution is -2.37. The van der Waals surface area contributed by atoms with Gasteiger partial charge < -0.3 is 4.90 Å².